The summed E-state index contributed by atoms with van der Waals surface area (Å²) in [4.78, 5) is 0. The highest BCUT2D eigenvalue weighted by atomic mass is 35.5. The Bertz CT molecular complexity index is 641. The molecule has 1 nitrogen and oxygen atoms in total. The van der Waals surface area contributed by atoms with Crippen LogP contribution in [0.15, 0.2) is 30.3 Å². The molecule has 0 saturated heterocycles. The number of hydrogen-bond acceptors (Lipinski definition) is 1. The summed E-state index contributed by atoms with van der Waals surface area (Å²) in [6.07, 6.45) is 0. The molecule has 106 valence electrons. The monoisotopic (exact) mass is 295 g/mol. The molecular weight excluding hydrogens is 280 g/mol. The number of rotatable bonds is 3. The second kappa shape index (κ2) is 5.80. The Hall–Kier alpha value is -1.61. The maximum absolute atomic E-state index is 13.9. The Balaban J connectivity index is 2.30. The zero-order chi connectivity index (χ0) is 14.9. The lowest BCUT2D eigenvalue weighted by molar-refractivity contribution is 0.571. The van der Waals surface area contributed by atoms with Gasteiger partial charge in [0.05, 0.1) is 16.8 Å². The predicted molar refractivity (Wildman–Crippen MR) is 79.3 cm³/mol. The Morgan fingerprint density at radius 3 is 2.45 bits per heavy atom. The fourth-order valence-electron chi connectivity index (χ4n) is 2.05. The lowest BCUT2D eigenvalue weighted by Crippen LogP contribution is -2.10. The van der Waals surface area contributed by atoms with Gasteiger partial charge in [-0.05, 0) is 56.2 Å². The minimum absolute atomic E-state index is 0.283. The van der Waals surface area contributed by atoms with Crippen molar-refractivity contribution in [1.29, 1.82) is 0 Å². The van der Waals surface area contributed by atoms with E-state index in [1.807, 2.05) is 19.1 Å². The van der Waals surface area contributed by atoms with Gasteiger partial charge in [0, 0.05) is 5.56 Å². The van der Waals surface area contributed by atoms with Gasteiger partial charge in [0.25, 0.3) is 0 Å². The molecule has 0 aromatic heterocycles. The van der Waals surface area contributed by atoms with Crippen LogP contribution in [-0.2, 0) is 0 Å². The van der Waals surface area contributed by atoms with Crippen molar-refractivity contribution >= 4 is 17.3 Å². The topological polar surface area (TPSA) is 12.0 Å². The Labute approximate surface area is 122 Å². The number of hydrogen-bond donors (Lipinski definition) is 1. The second-order valence-electron chi connectivity index (χ2n) is 4.97. The zero-order valence-electron chi connectivity index (χ0n) is 11.6. The molecule has 20 heavy (non-hydrogen) atoms. The summed E-state index contributed by atoms with van der Waals surface area (Å²) in [7, 11) is 0. The van der Waals surface area contributed by atoms with Crippen LogP contribution in [0, 0.1) is 25.5 Å². The van der Waals surface area contributed by atoms with Crippen LogP contribution in [0.25, 0.3) is 0 Å². The standard InChI is InChI=1S/C16H16ClF2N/c1-9-4-5-13(17)16(6-9)20-11(3)12-8-14(18)10(2)7-15(12)19/h4-8,11,20H,1-3H3. The van der Waals surface area contributed by atoms with Crippen LogP contribution in [-0.4, -0.2) is 0 Å². The number of nitrogens with one attached hydrogen (secondary N) is 1. The smallest absolute Gasteiger partial charge is 0.128 e. The van der Waals surface area contributed by atoms with Crippen molar-refractivity contribution in [3.05, 3.63) is 63.7 Å². The van der Waals surface area contributed by atoms with Crippen molar-refractivity contribution in [2.24, 2.45) is 0 Å². The number of aryl methyl sites for hydroxylation is 2. The van der Waals surface area contributed by atoms with Crippen LogP contribution in [0.1, 0.15) is 29.7 Å². The first-order valence-corrected chi connectivity index (χ1v) is 6.74. The lowest BCUT2D eigenvalue weighted by atomic mass is 10.0. The van der Waals surface area contributed by atoms with Gasteiger partial charge in [-0.3, -0.25) is 0 Å². The first-order valence-electron chi connectivity index (χ1n) is 6.36. The molecule has 4 heteroatoms. The van der Waals surface area contributed by atoms with Crippen molar-refractivity contribution in [3.63, 3.8) is 0 Å². The summed E-state index contributed by atoms with van der Waals surface area (Å²) < 4.78 is 27.5. The van der Waals surface area contributed by atoms with Gasteiger partial charge in [0.2, 0.25) is 0 Å². The average Bonchev–Trinajstić information content (AvgIpc) is 2.38. The molecule has 1 N–H and O–H groups in total. The SMILES string of the molecule is Cc1ccc(Cl)c(NC(C)c2cc(F)c(C)cc2F)c1. The fraction of sp³-hybridized carbons (Fsp3) is 0.250. The van der Waals surface area contributed by atoms with Gasteiger partial charge < -0.3 is 5.32 Å². The van der Waals surface area contributed by atoms with Gasteiger partial charge in [0.15, 0.2) is 0 Å². The molecule has 2 rings (SSSR count). The van der Waals surface area contributed by atoms with Crippen molar-refractivity contribution < 1.29 is 8.78 Å². The molecule has 0 saturated carbocycles. The Morgan fingerprint density at radius 1 is 1.05 bits per heavy atom. The highest BCUT2D eigenvalue weighted by Gasteiger charge is 2.15. The largest absolute Gasteiger partial charge is 0.377 e. The van der Waals surface area contributed by atoms with Crippen LogP contribution >= 0.6 is 11.6 Å². The van der Waals surface area contributed by atoms with Crippen LogP contribution in [0.5, 0.6) is 0 Å². The van der Waals surface area contributed by atoms with Crippen LogP contribution in [0.4, 0.5) is 14.5 Å². The summed E-state index contributed by atoms with van der Waals surface area (Å²) in [6.45, 7) is 5.25. The highest BCUT2D eigenvalue weighted by Crippen LogP contribution is 2.29. The molecule has 1 atom stereocenters. The molecule has 0 spiro atoms. The van der Waals surface area contributed by atoms with E-state index in [1.165, 1.54) is 19.1 Å². The van der Waals surface area contributed by atoms with Gasteiger partial charge in [-0.2, -0.15) is 0 Å². The van der Waals surface area contributed by atoms with Gasteiger partial charge in [-0.25, -0.2) is 8.78 Å². The number of halogens is 3. The predicted octanol–water partition coefficient (Wildman–Crippen LogP) is 5.41. The fourth-order valence-corrected chi connectivity index (χ4v) is 2.23. The summed E-state index contributed by atoms with van der Waals surface area (Å²) in [5, 5.41) is 3.67. The first-order chi connectivity index (χ1) is 9.38. The normalized spacial score (nSPS) is 12.3. The van der Waals surface area contributed by atoms with E-state index in [0.717, 1.165) is 5.56 Å². The molecule has 2 aromatic rings. The third-order valence-corrected chi connectivity index (χ3v) is 3.57. The van der Waals surface area contributed by atoms with E-state index in [4.69, 9.17) is 11.6 Å². The highest BCUT2D eigenvalue weighted by molar-refractivity contribution is 6.33. The number of benzene rings is 2. The Morgan fingerprint density at radius 2 is 1.75 bits per heavy atom. The van der Waals surface area contributed by atoms with Gasteiger partial charge in [-0.1, -0.05) is 17.7 Å². The molecule has 1 unspecified atom stereocenters. The minimum atomic E-state index is -0.423. The molecule has 0 fully saturated rings. The van der Waals surface area contributed by atoms with E-state index >= 15 is 0 Å². The van der Waals surface area contributed by atoms with Crippen LogP contribution in [0.3, 0.4) is 0 Å². The van der Waals surface area contributed by atoms with Crippen molar-refractivity contribution in [2.45, 2.75) is 26.8 Å². The summed E-state index contributed by atoms with van der Waals surface area (Å²) >= 11 is 6.09. The molecule has 0 aliphatic rings. The van der Waals surface area contributed by atoms with E-state index in [1.54, 1.807) is 13.0 Å². The van der Waals surface area contributed by atoms with Crippen LogP contribution in [0.2, 0.25) is 5.02 Å². The zero-order valence-corrected chi connectivity index (χ0v) is 12.4. The average molecular weight is 296 g/mol. The third-order valence-electron chi connectivity index (χ3n) is 3.24. The van der Waals surface area contributed by atoms with E-state index < -0.39 is 11.6 Å². The molecular formula is C16H16ClF2N. The van der Waals surface area contributed by atoms with Gasteiger partial charge in [-0.15, -0.1) is 0 Å². The maximum atomic E-state index is 13.9. The molecule has 0 aliphatic carbocycles. The molecule has 0 aliphatic heterocycles. The van der Waals surface area contributed by atoms with E-state index in [-0.39, 0.29) is 11.6 Å². The Kier molecular flexibility index (Phi) is 4.29. The van der Waals surface area contributed by atoms with E-state index in [9.17, 15) is 8.78 Å². The maximum Gasteiger partial charge on any atom is 0.128 e. The van der Waals surface area contributed by atoms with Crippen molar-refractivity contribution in [3.8, 4) is 0 Å². The number of anilines is 1. The third kappa shape index (κ3) is 3.10. The van der Waals surface area contributed by atoms with Crippen LogP contribution < -0.4 is 5.32 Å². The molecule has 2 aromatic carbocycles. The molecule has 0 radical (unpaired) electrons. The quantitative estimate of drug-likeness (QED) is 0.798. The molecule has 0 amide bonds. The van der Waals surface area contributed by atoms with Gasteiger partial charge in [0.1, 0.15) is 11.6 Å². The first kappa shape index (κ1) is 14.8. The summed E-state index contributed by atoms with van der Waals surface area (Å²) in [5.41, 5.74) is 2.33. The van der Waals surface area contributed by atoms with Crippen molar-refractivity contribution in [1.82, 2.24) is 0 Å². The summed E-state index contributed by atoms with van der Waals surface area (Å²) in [6, 6.07) is 7.60. The molecule has 0 heterocycles. The minimum Gasteiger partial charge on any atom is -0.377 e. The van der Waals surface area contributed by atoms with Crippen molar-refractivity contribution in [2.75, 3.05) is 5.32 Å². The van der Waals surface area contributed by atoms with E-state index in [2.05, 4.69) is 5.32 Å². The van der Waals surface area contributed by atoms with E-state index in [0.29, 0.717) is 16.3 Å². The molecule has 0 bridgehead atoms. The second-order valence-corrected chi connectivity index (χ2v) is 5.38. The summed E-state index contributed by atoms with van der Waals surface area (Å²) in [5.74, 6) is -0.835. The lowest BCUT2D eigenvalue weighted by Gasteiger charge is -2.18. The van der Waals surface area contributed by atoms with Gasteiger partial charge >= 0.3 is 0 Å².